The highest BCUT2D eigenvalue weighted by Gasteiger charge is 2.36. The predicted molar refractivity (Wildman–Crippen MR) is 95.0 cm³/mol. The van der Waals surface area contributed by atoms with Crippen molar-refractivity contribution in [3.8, 4) is 0 Å². The van der Waals surface area contributed by atoms with E-state index in [4.69, 9.17) is 0 Å². The molecule has 0 unspecified atom stereocenters. The van der Waals surface area contributed by atoms with Crippen LogP contribution in [0.1, 0.15) is 43.1 Å². The summed E-state index contributed by atoms with van der Waals surface area (Å²) in [7, 11) is 5.91. The molecule has 3 rings (SSSR count). The molecular formula is C19H25N3O. The third-order valence-corrected chi connectivity index (χ3v) is 5.19. The Bertz CT molecular complexity index is 732. The lowest BCUT2D eigenvalue weighted by molar-refractivity contribution is 0.0600. The third-order valence-electron chi connectivity index (χ3n) is 5.19. The Kier molecular flexibility index (Phi) is 4.00. The van der Waals surface area contributed by atoms with E-state index < -0.39 is 0 Å². The number of para-hydroxylation sites is 1. The Morgan fingerprint density at radius 2 is 1.78 bits per heavy atom. The quantitative estimate of drug-likeness (QED) is 0.867. The van der Waals surface area contributed by atoms with Crippen LogP contribution in [0.25, 0.3) is 10.9 Å². The zero-order valence-corrected chi connectivity index (χ0v) is 14.5. The largest absolute Gasteiger partial charge is 0.377 e. The van der Waals surface area contributed by atoms with E-state index in [2.05, 4.69) is 11.9 Å². The Hall–Kier alpha value is -2.10. The molecule has 1 heterocycles. The summed E-state index contributed by atoms with van der Waals surface area (Å²) in [5, 5.41) is 1.07. The van der Waals surface area contributed by atoms with Gasteiger partial charge in [-0.2, -0.15) is 0 Å². The van der Waals surface area contributed by atoms with E-state index in [-0.39, 0.29) is 11.4 Å². The first kappa shape index (κ1) is 15.8. The van der Waals surface area contributed by atoms with Crippen LogP contribution in [0.4, 0.5) is 5.69 Å². The van der Waals surface area contributed by atoms with Crippen molar-refractivity contribution in [1.82, 2.24) is 9.88 Å². The lowest BCUT2D eigenvalue weighted by Gasteiger charge is -2.35. The van der Waals surface area contributed by atoms with Crippen molar-refractivity contribution < 1.29 is 4.79 Å². The van der Waals surface area contributed by atoms with E-state index in [0.29, 0.717) is 5.69 Å². The van der Waals surface area contributed by atoms with Gasteiger partial charge in [0.2, 0.25) is 0 Å². The number of aromatic nitrogens is 1. The van der Waals surface area contributed by atoms with E-state index in [9.17, 15) is 4.79 Å². The maximum Gasteiger partial charge on any atom is 0.272 e. The van der Waals surface area contributed by atoms with Crippen molar-refractivity contribution in [3.05, 3.63) is 36.0 Å². The molecule has 1 fully saturated rings. The van der Waals surface area contributed by atoms with Crippen LogP contribution in [0.2, 0.25) is 0 Å². The van der Waals surface area contributed by atoms with Crippen LogP contribution < -0.4 is 4.90 Å². The minimum absolute atomic E-state index is 0.0169. The number of hydrogen-bond donors (Lipinski definition) is 0. The number of pyridine rings is 1. The van der Waals surface area contributed by atoms with Crippen LogP contribution in [0.5, 0.6) is 0 Å². The van der Waals surface area contributed by atoms with Gasteiger partial charge in [0.1, 0.15) is 5.69 Å². The summed E-state index contributed by atoms with van der Waals surface area (Å²) in [4.78, 5) is 21.6. The Morgan fingerprint density at radius 3 is 2.43 bits per heavy atom. The van der Waals surface area contributed by atoms with Crippen LogP contribution in [-0.2, 0) is 0 Å². The summed E-state index contributed by atoms with van der Waals surface area (Å²) in [5.74, 6) is 0.0169. The SMILES string of the molecule is CN(C)c1cc(C(=O)N(C)C2(C)CCCC2)nc2ccccc12. The molecule has 1 aliphatic carbocycles. The fraction of sp³-hybridized carbons (Fsp3) is 0.474. The highest BCUT2D eigenvalue weighted by molar-refractivity contribution is 6.00. The van der Waals surface area contributed by atoms with Crippen molar-refractivity contribution in [2.24, 2.45) is 0 Å². The summed E-state index contributed by atoms with van der Waals surface area (Å²) in [6.07, 6.45) is 4.54. The maximum atomic E-state index is 13.0. The third kappa shape index (κ3) is 2.78. The molecule has 4 nitrogen and oxygen atoms in total. The average molecular weight is 311 g/mol. The molecule has 0 saturated heterocycles. The molecule has 0 radical (unpaired) electrons. The molecule has 2 aromatic rings. The van der Waals surface area contributed by atoms with Gasteiger partial charge in [-0.1, -0.05) is 31.0 Å². The van der Waals surface area contributed by atoms with Crippen LogP contribution >= 0.6 is 0 Å². The summed E-state index contributed by atoms with van der Waals surface area (Å²) < 4.78 is 0. The van der Waals surface area contributed by atoms with Crippen molar-refractivity contribution in [1.29, 1.82) is 0 Å². The first-order valence-corrected chi connectivity index (χ1v) is 8.28. The van der Waals surface area contributed by atoms with Crippen molar-refractivity contribution >= 4 is 22.5 Å². The highest BCUT2D eigenvalue weighted by Crippen LogP contribution is 2.35. The summed E-state index contributed by atoms with van der Waals surface area (Å²) in [5.41, 5.74) is 2.39. The van der Waals surface area contributed by atoms with E-state index >= 15 is 0 Å². The second-order valence-electron chi connectivity index (χ2n) is 7.01. The molecule has 0 N–H and O–H groups in total. The van der Waals surface area contributed by atoms with Gasteiger partial charge in [-0.05, 0) is 31.9 Å². The second kappa shape index (κ2) is 5.84. The lowest BCUT2D eigenvalue weighted by atomic mass is 9.98. The number of carbonyl (C=O) groups excluding carboxylic acids is 1. The van der Waals surface area contributed by atoms with Crippen molar-refractivity contribution in [2.75, 3.05) is 26.0 Å². The van der Waals surface area contributed by atoms with E-state index in [0.717, 1.165) is 29.4 Å². The van der Waals surface area contributed by atoms with Gasteiger partial charge in [-0.15, -0.1) is 0 Å². The van der Waals surface area contributed by atoms with E-state index in [1.807, 2.05) is 61.3 Å². The molecular weight excluding hydrogens is 286 g/mol. The van der Waals surface area contributed by atoms with Crippen LogP contribution in [0.3, 0.4) is 0 Å². The number of carbonyl (C=O) groups is 1. The molecule has 0 spiro atoms. The number of nitrogens with zero attached hydrogens (tertiary/aromatic N) is 3. The van der Waals surface area contributed by atoms with Gasteiger partial charge in [0.15, 0.2) is 0 Å². The average Bonchev–Trinajstić information content (AvgIpc) is 3.00. The Morgan fingerprint density at radius 1 is 1.13 bits per heavy atom. The van der Waals surface area contributed by atoms with Crippen LogP contribution in [0, 0.1) is 0 Å². The van der Waals surface area contributed by atoms with Gasteiger partial charge in [-0.3, -0.25) is 4.79 Å². The van der Waals surface area contributed by atoms with Gasteiger partial charge in [0.05, 0.1) is 5.52 Å². The van der Waals surface area contributed by atoms with Crippen LogP contribution in [-0.4, -0.2) is 42.5 Å². The molecule has 4 heteroatoms. The summed E-state index contributed by atoms with van der Waals surface area (Å²) >= 11 is 0. The molecule has 1 saturated carbocycles. The van der Waals surface area contributed by atoms with Gasteiger partial charge in [0, 0.05) is 37.8 Å². The molecule has 1 aromatic heterocycles. The van der Waals surface area contributed by atoms with Gasteiger partial charge in [0.25, 0.3) is 5.91 Å². The predicted octanol–water partition coefficient (Wildman–Crippen LogP) is 3.71. The molecule has 23 heavy (non-hydrogen) atoms. The number of fused-ring (bicyclic) bond motifs is 1. The molecule has 0 bridgehead atoms. The number of amides is 1. The Balaban J connectivity index is 2.04. The highest BCUT2D eigenvalue weighted by atomic mass is 16.2. The zero-order valence-electron chi connectivity index (χ0n) is 14.5. The number of benzene rings is 1. The first-order chi connectivity index (χ1) is 10.9. The normalized spacial score (nSPS) is 16.5. The molecule has 1 amide bonds. The summed E-state index contributed by atoms with van der Waals surface area (Å²) in [6.45, 7) is 2.19. The fourth-order valence-electron chi connectivity index (χ4n) is 3.53. The minimum atomic E-state index is -0.0390. The summed E-state index contributed by atoms with van der Waals surface area (Å²) in [6, 6.07) is 9.90. The number of anilines is 1. The van der Waals surface area contributed by atoms with Crippen molar-refractivity contribution in [2.45, 2.75) is 38.1 Å². The standard InChI is InChI=1S/C19H25N3O/c1-19(11-7-8-12-19)22(4)18(23)16-13-17(21(2)3)14-9-5-6-10-15(14)20-16/h5-6,9-10,13H,7-8,11-12H2,1-4H3. The zero-order chi connectivity index (χ0) is 16.6. The number of rotatable bonds is 3. The molecule has 0 aliphatic heterocycles. The molecule has 122 valence electrons. The monoisotopic (exact) mass is 311 g/mol. The van der Waals surface area contributed by atoms with Crippen molar-refractivity contribution in [3.63, 3.8) is 0 Å². The molecule has 1 aliphatic rings. The maximum absolute atomic E-state index is 13.0. The lowest BCUT2D eigenvalue weighted by Crippen LogP contribution is -2.45. The van der Waals surface area contributed by atoms with Crippen LogP contribution in [0.15, 0.2) is 30.3 Å². The second-order valence-corrected chi connectivity index (χ2v) is 7.01. The van der Waals surface area contributed by atoms with Gasteiger partial charge >= 0.3 is 0 Å². The molecule has 0 atom stereocenters. The van der Waals surface area contributed by atoms with Gasteiger partial charge < -0.3 is 9.80 Å². The van der Waals surface area contributed by atoms with E-state index in [1.54, 1.807) is 0 Å². The number of hydrogen-bond acceptors (Lipinski definition) is 3. The minimum Gasteiger partial charge on any atom is -0.377 e. The fourth-order valence-corrected chi connectivity index (χ4v) is 3.53. The Labute approximate surface area is 138 Å². The smallest absolute Gasteiger partial charge is 0.272 e. The first-order valence-electron chi connectivity index (χ1n) is 8.28. The topological polar surface area (TPSA) is 36.4 Å². The van der Waals surface area contributed by atoms with Gasteiger partial charge in [-0.25, -0.2) is 4.98 Å². The molecule has 1 aromatic carbocycles. The van der Waals surface area contributed by atoms with E-state index in [1.165, 1.54) is 12.8 Å².